The lowest BCUT2D eigenvalue weighted by molar-refractivity contribution is -0.146. The van der Waals surface area contributed by atoms with E-state index in [2.05, 4.69) is 0 Å². The molecule has 1 aliphatic carbocycles. The van der Waals surface area contributed by atoms with E-state index in [1.165, 1.54) is 0 Å². The number of hydrogen-bond donors (Lipinski definition) is 1. The van der Waals surface area contributed by atoms with Crippen LogP contribution in [0.4, 0.5) is 0 Å². The summed E-state index contributed by atoms with van der Waals surface area (Å²) in [5.41, 5.74) is 0. The number of hydrogen-bond acceptors (Lipinski definition) is 3. The van der Waals surface area contributed by atoms with Gasteiger partial charge in [0.15, 0.2) is 0 Å². The molecule has 1 N–H and O–H groups in total. The number of carboxylic acids is 1. The number of aliphatic carboxylic acids is 1. The lowest BCUT2D eigenvalue weighted by Gasteiger charge is -2.23. The van der Waals surface area contributed by atoms with Gasteiger partial charge in [-0.25, -0.2) is 0 Å². The molecule has 4 nitrogen and oxygen atoms in total. The molecule has 84 valence electrons. The molecule has 1 saturated carbocycles. The second-order valence-electron chi connectivity index (χ2n) is 4.15. The molecule has 1 aliphatic heterocycles. The standard InChI is InChI=1S/C10H15NO3S/c12-9(13)5-11(8-1-2-8)10(14)7-3-4-15-6-7/h7-8H,1-6H2,(H,12,13). The van der Waals surface area contributed by atoms with Crippen LogP contribution in [0.15, 0.2) is 0 Å². The molecule has 5 heteroatoms. The van der Waals surface area contributed by atoms with Crippen molar-refractivity contribution in [3.05, 3.63) is 0 Å². The topological polar surface area (TPSA) is 57.6 Å². The number of thioether (sulfide) groups is 1. The Morgan fingerprint density at radius 1 is 1.33 bits per heavy atom. The number of carbonyl (C=O) groups is 2. The van der Waals surface area contributed by atoms with Gasteiger partial charge in [0, 0.05) is 17.7 Å². The fraction of sp³-hybridized carbons (Fsp3) is 0.800. The Balaban J connectivity index is 1.96. The first-order valence-corrected chi connectivity index (χ1v) is 6.44. The average molecular weight is 229 g/mol. The number of carboxylic acid groups (broad SMARTS) is 1. The Hall–Kier alpha value is -0.710. The maximum absolute atomic E-state index is 12.0. The van der Waals surface area contributed by atoms with Crippen LogP contribution in [0, 0.1) is 5.92 Å². The smallest absolute Gasteiger partial charge is 0.323 e. The van der Waals surface area contributed by atoms with Gasteiger partial charge in [-0.05, 0) is 25.0 Å². The molecule has 2 rings (SSSR count). The fourth-order valence-electron chi connectivity index (χ4n) is 1.88. The van der Waals surface area contributed by atoms with Crippen molar-refractivity contribution in [2.24, 2.45) is 5.92 Å². The number of amides is 1. The molecule has 2 aliphatic rings. The minimum Gasteiger partial charge on any atom is -0.480 e. The van der Waals surface area contributed by atoms with Crippen molar-refractivity contribution in [1.29, 1.82) is 0 Å². The Bertz CT molecular complexity index is 272. The first kappa shape index (κ1) is 10.8. The molecule has 1 amide bonds. The van der Waals surface area contributed by atoms with E-state index in [4.69, 9.17) is 5.11 Å². The second-order valence-corrected chi connectivity index (χ2v) is 5.30. The highest BCUT2D eigenvalue weighted by molar-refractivity contribution is 7.99. The minimum absolute atomic E-state index is 0.0601. The lowest BCUT2D eigenvalue weighted by atomic mass is 10.1. The van der Waals surface area contributed by atoms with E-state index in [1.807, 2.05) is 0 Å². The maximum atomic E-state index is 12.0. The van der Waals surface area contributed by atoms with Crippen molar-refractivity contribution in [3.8, 4) is 0 Å². The molecule has 1 unspecified atom stereocenters. The zero-order chi connectivity index (χ0) is 10.8. The zero-order valence-electron chi connectivity index (χ0n) is 8.52. The molecule has 0 spiro atoms. The molecule has 1 saturated heterocycles. The summed E-state index contributed by atoms with van der Waals surface area (Å²) in [5.74, 6) is 1.12. The minimum atomic E-state index is -0.902. The van der Waals surface area contributed by atoms with Gasteiger partial charge in [-0.15, -0.1) is 0 Å². The van der Waals surface area contributed by atoms with Crippen LogP contribution >= 0.6 is 11.8 Å². The van der Waals surface area contributed by atoms with Crippen LogP contribution in [-0.4, -0.2) is 46.0 Å². The largest absolute Gasteiger partial charge is 0.480 e. The Morgan fingerprint density at radius 3 is 2.53 bits per heavy atom. The van der Waals surface area contributed by atoms with Crippen LogP contribution in [0.1, 0.15) is 19.3 Å². The monoisotopic (exact) mass is 229 g/mol. The van der Waals surface area contributed by atoms with E-state index in [0.29, 0.717) is 0 Å². The van der Waals surface area contributed by atoms with Gasteiger partial charge in [0.05, 0.1) is 0 Å². The molecule has 1 atom stereocenters. The number of carbonyl (C=O) groups excluding carboxylic acids is 1. The molecule has 2 fully saturated rings. The number of nitrogens with zero attached hydrogens (tertiary/aromatic N) is 1. The van der Waals surface area contributed by atoms with Gasteiger partial charge >= 0.3 is 5.97 Å². The summed E-state index contributed by atoms with van der Waals surface area (Å²) in [6, 6.07) is 0.208. The van der Waals surface area contributed by atoms with E-state index in [0.717, 1.165) is 30.8 Å². The molecular formula is C10H15NO3S. The fourth-order valence-corrected chi connectivity index (χ4v) is 3.09. The van der Waals surface area contributed by atoms with E-state index >= 15 is 0 Å². The zero-order valence-corrected chi connectivity index (χ0v) is 9.33. The summed E-state index contributed by atoms with van der Waals surface area (Å²) in [7, 11) is 0. The van der Waals surface area contributed by atoms with Gasteiger partial charge in [0.25, 0.3) is 0 Å². The van der Waals surface area contributed by atoms with Gasteiger partial charge in [-0.3, -0.25) is 9.59 Å². The summed E-state index contributed by atoms with van der Waals surface area (Å²) < 4.78 is 0. The Labute approximate surface area is 93.0 Å². The maximum Gasteiger partial charge on any atom is 0.323 e. The Kier molecular flexibility index (Phi) is 3.19. The Morgan fingerprint density at radius 2 is 2.07 bits per heavy atom. The van der Waals surface area contributed by atoms with E-state index in [1.54, 1.807) is 16.7 Å². The first-order valence-electron chi connectivity index (χ1n) is 5.28. The third-order valence-electron chi connectivity index (χ3n) is 2.86. The average Bonchev–Trinajstić information content (AvgIpc) is 2.88. The molecule has 0 aromatic rings. The van der Waals surface area contributed by atoms with Crippen molar-refractivity contribution in [2.45, 2.75) is 25.3 Å². The van der Waals surface area contributed by atoms with Crippen LogP contribution in [0.2, 0.25) is 0 Å². The lowest BCUT2D eigenvalue weighted by Crippen LogP contribution is -2.41. The van der Waals surface area contributed by atoms with Crippen LogP contribution in [-0.2, 0) is 9.59 Å². The van der Waals surface area contributed by atoms with E-state index in [9.17, 15) is 9.59 Å². The highest BCUT2D eigenvalue weighted by atomic mass is 32.2. The second kappa shape index (κ2) is 4.43. The van der Waals surface area contributed by atoms with Crippen molar-refractivity contribution < 1.29 is 14.7 Å². The molecule has 0 aromatic heterocycles. The third-order valence-corrected chi connectivity index (χ3v) is 4.02. The summed E-state index contributed by atoms with van der Waals surface area (Å²) >= 11 is 1.78. The third kappa shape index (κ3) is 2.65. The van der Waals surface area contributed by atoms with Crippen LogP contribution < -0.4 is 0 Å². The van der Waals surface area contributed by atoms with Crippen LogP contribution in [0.25, 0.3) is 0 Å². The van der Waals surface area contributed by atoms with Crippen LogP contribution in [0.3, 0.4) is 0 Å². The summed E-state index contributed by atoms with van der Waals surface area (Å²) in [5, 5.41) is 8.75. The molecule has 1 heterocycles. The normalized spacial score (nSPS) is 25.2. The first-order chi connectivity index (χ1) is 7.18. The van der Waals surface area contributed by atoms with Gasteiger partial charge in [-0.2, -0.15) is 11.8 Å². The van der Waals surface area contributed by atoms with Gasteiger partial charge in [0.1, 0.15) is 6.54 Å². The van der Waals surface area contributed by atoms with Gasteiger partial charge in [0.2, 0.25) is 5.91 Å². The van der Waals surface area contributed by atoms with Crippen molar-refractivity contribution >= 4 is 23.6 Å². The summed E-state index contributed by atoms with van der Waals surface area (Å²) in [6.07, 6.45) is 2.85. The summed E-state index contributed by atoms with van der Waals surface area (Å²) in [6.45, 7) is -0.120. The van der Waals surface area contributed by atoms with Crippen molar-refractivity contribution in [2.75, 3.05) is 18.1 Å². The van der Waals surface area contributed by atoms with Gasteiger partial charge < -0.3 is 10.0 Å². The highest BCUT2D eigenvalue weighted by Crippen LogP contribution is 2.31. The van der Waals surface area contributed by atoms with Crippen molar-refractivity contribution in [3.63, 3.8) is 0 Å². The molecular weight excluding hydrogens is 214 g/mol. The highest BCUT2D eigenvalue weighted by Gasteiger charge is 2.37. The predicted molar refractivity (Wildman–Crippen MR) is 57.8 cm³/mol. The molecule has 0 bridgehead atoms. The van der Waals surface area contributed by atoms with E-state index in [-0.39, 0.29) is 24.4 Å². The van der Waals surface area contributed by atoms with E-state index < -0.39 is 5.97 Å². The molecule has 0 radical (unpaired) electrons. The van der Waals surface area contributed by atoms with Gasteiger partial charge in [-0.1, -0.05) is 0 Å². The molecule has 0 aromatic carbocycles. The SMILES string of the molecule is O=C(O)CN(C(=O)C1CCSC1)C1CC1. The molecule has 15 heavy (non-hydrogen) atoms. The number of rotatable bonds is 4. The quantitative estimate of drug-likeness (QED) is 0.775. The van der Waals surface area contributed by atoms with Crippen molar-refractivity contribution in [1.82, 2.24) is 4.90 Å². The van der Waals surface area contributed by atoms with Crippen LogP contribution in [0.5, 0.6) is 0 Å². The predicted octanol–water partition coefficient (Wildman–Crippen LogP) is 0.815. The summed E-state index contributed by atoms with van der Waals surface area (Å²) in [4.78, 5) is 24.2.